The van der Waals surface area contributed by atoms with Gasteiger partial charge in [-0.3, -0.25) is 0 Å². The molecule has 0 saturated heterocycles. The third-order valence-electron chi connectivity index (χ3n) is 2.62. The molecule has 0 atom stereocenters. The molecular weight excluding hydrogens is 202 g/mol. The van der Waals surface area contributed by atoms with Crippen LogP contribution in [-0.2, 0) is 0 Å². The Bertz CT molecular complexity index is 518. The molecule has 0 aliphatic rings. The van der Waals surface area contributed by atoms with Crippen LogP contribution in [0.15, 0.2) is 12.1 Å². The van der Waals surface area contributed by atoms with Crippen molar-refractivity contribution in [3.63, 3.8) is 0 Å². The summed E-state index contributed by atoms with van der Waals surface area (Å²) in [6.07, 6.45) is 0. The lowest BCUT2D eigenvalue weighted by atomic mass is 9.99. The van der Waals surface area contributed by atoms with Crippen LogP contribution in [0, 0.1) is 20.8 Å². The largest absolute Gasteiger partial charge is 0.366 e. The lowest BCUT2D eigenvalue weighted by Crippen LogP contribution is -2.14. The van der Waals surface area contributed by atoms with Crippen LogP contribution in [0.25, 0.3) is 11.4 Å². The normalized spacial score (nSPS) is 10.7. The van der Waals surface area contributed by atoms with Crippen molar-refractivity contribution in [2.45, 2.75) is 20.8 Å². The van der Waals surface area contributed by atoms with Crippen LogP contribution in [0.2, 0.25) is 0 Å². The third-order valence-corrected chi connectivity index (χ3v) is 2.62. The highest BCUT2D eigenvalue weighted by atomic mass is 15.4. The summed E-state index contributed by atoms with van der Waals surface area (Å²) in [4.78, 5) is 0. The Kier molecular flexibility index (Phi) is 2.30. The molecule has 5 heteroatoms. The minimum Gasteiger partial charge on any atom is -0.366 e. The highest BCUT2D eigenvalue weighted by Crippen LogP contribution is 2.26. The molecule has 16 heavy (non-hydrogen) atoms. The van der Waals surface area contributed by atoms with Gasteiger partial charge in [-0.2, -0.15) is 0 Å². The molecule has 0 unspecified atom stereocenters. The zero-order valence-electron chi connectivity index (χ0n) is 9.65. The summed E-state index contributed by atoms with van der Waals surface area (Å²) in [5.41, 5.74) is 10.0. The SMILES string of the molecule is Cc1cc(C)c(-c2nnc(N)n2N)c(C)c1. The second-order valence-electron chi connectivity index (χ2n) is 4.03. The van der Waals surface area contributed by atoms with Gasteiger partial charge in [0, 0.05) is 5.56 Å². The smallest absolute Gasteiger partial charge is 0.241 e. The molecule has 0 aliphatic heterocycles. The summed E-state index contributed by atoms with van der Waals surface area (Å²) < 4.78 is 1.31. The lowest BCUT2D eigenvalue weighted by Gasteiger charge is -2.10. The second-order valence-corrected chi connectivity index (χ2v) is 4.03. The van der Waals surface area contributed by atoms with E-state index < -0.39 is 0 Å². The standard InChI is InChI=1S/C11H15N5/c1-6-4-7(2)9(8(3)5-6)10-14-15-11(12)16(10)13/h4-5H,13H2,1-3H3,(H2,12,15). The van der Waals surface area contributed by atoms with Gasteiger partial charge in [0.05, 0.1) is 0 Å². The van der Waals surface area contributed by atoms with Gasteiger partial charge >= 0.3 is 0 Å². The van der Waals surface area contributed by atoms with E-state index in [-0.39, 0.29) is 5.95 Å². The van der Waals surface area contributed by atoms with Gasteiger partial charge in [-0.1, -0.05) is 17.7 Å². The van der Waals surface area contributed by atoms with Crippen LogP contribution in [0.1, 0.15) is 16.7 Å². The van der Waals surface area contributed by atoms with E-state index in [1.54, 1.807) is 0 Å². The van der Waals surface area contributed by atoms with Crippen LogP contribution < -0.4 is 11.6 Å². The van der Waals surface area contributed by atoms with Crippen molar-refractivity contribution in [1.29, 1.82) is 0 Å². The van der Waals surface area contributed by atoms with Crippen LogP contribution in [0.5, 0.6) is 0 Å². The average molecular weight is 217 g/mol. The Labute approximate surface area is 94.1 Å². The van der Waals surface area contributed by atoms with Crippen molar-refractivity contribution in [2.75, 3.05) is 11.6 Å². The van der Waals surface area contributed by atoms with E-state index in [9.17, 15) is 0 Å². The van der Waals surface area contributed by atoms with Crippen molar-refractivity contribution >= 4 is 5.95 Å². The zero-order valence-corrected chi connectivity index (χ0v) is 9.65. The molecular formula is C11H15N5. The molecule has 0 amide bonds. The number of hydrogen-bond donors (Lipinski definition) is 2. The van der Waals surface area contributed by atoms with E-state index in [1.165, 1.54) is 10.2 Å². The molecule has 0 bridgehead atoms. The van der Waals surface area contributed by atoms with E-state index in [1.807, 2.05) is 13.8 Å². The molecule has 0 spiro atoms. The van der Waals surface area contributed by atoms with Crippen LogP contribution in [0.4, 0.5) is 5.95 Å². The summed E-state index contributed by atoms with van der Waals surface area (Å²) >= 11 is 0. The predicted octanol–water partition coefficient (Wildman–Crippen LogP) is 1.17. The number of benzene rings is 1. The quantitative estimate of drug-likeness (QED) is 0.702. The van der Waals surface area contributed by atoms with Gasteiger partial charge in [0.15, 0.2) is 5.82 Å². The first-order valence-electron chi connectivity index (χ1n) is 5.05. The second kappa shape index (κ2) is 3.52. The number of nitrogen functional groups attached to an aromatic ring is 2. The average Bonchev–Trinajstić information content (AvgIpc) is 2.48. The van der Waals surface area contributed by atoms with Gasteiger partial charge in [-0.05, 0) is 31.9 Å². The van der Waals surface area contributed by atoms with E-state index >= 15 is 0 Å². The molecule has 0 radical (unpaired) electrons. The van der Waals surface area contributed by atoms with Crippen molar-refractivity contribution in [1.82, 2.24) is 14.9 Å². The summed E-state index contributed by atoms with van der Waals surface area (Å²) in [5, 5.41) is 7.76. The van der Waals surface area contributed by atoms with Gasteiger partial charge in [-0.15, -0.1) is 10.2 Å². The molecule has 4 N–H and O–H groups in total. The van der Waals surface area contributed by atoms with Crippen molar-refractivity contribution in [3.05, 3.63) is 28.8 Å². The fourth-order valence-corrected chi connectivity index (χ4v) is 2.01. The topological polar surface area (TPSA) is 82.8 Å². The number of nitrogens with zero attached hydrogens (tertiary/aromatic N) is 3. The number of aryl methyl sites for hydroxylation is 3. The molecule has 1 aromatic carbocycles. The minimum atomic E-state index is 0.217. The van der Waals surface area contributed by atoms with Gasteiger partial charge in [0.1, 0.15) is 0 Å². The molecule has 1 aromatic heterocycles. The van der Waals surface area contributed by atoms with Gasteiger partial charge in [0.2, 0.25) is 5.95 Å². The van der Waals surface area contributed by atoms with E-state index in [0.29, 0.717) is 5.82 Å². The van der Waals surface area contributed by atoms with Gasteiger partial charge in [-0.25, -0.2) is 4.68 Å². The maximum atomic E-state index is 5.78. The van der Waals surface area contributed by atoms with Crippen molar-refractivity contribution < 1.29 is 0 Å². The van der Waals surface area contributed by atoms with Crippen LogP contribution >= 0.6 is 0 Å². The number of rotatable bonds is 1. The summed E-state index contributed by atoms with van der Waals surface area (Å²) in [6, 6.07) is 4.18. The Morgan fingerprint density at radius 3 is 2.06 bits per heavy atom. The molecule has 5 nitrogen and oxygen atoms in total. The van der Waals surface area contributed by atoms with Crippen LogP contribution in [0.3, 0.4) is 0 Å². The Hall–Kier alpha value is -2.04. The van der Waals surface area contributed by atoms with Gasteiger partial charge < -0.3 is 11.6 Å². The zero-order chi connectivity index (χ0) is 11.9. The van der Waals surface area contributed by atoms with Gasteiger partial charge in [0.25, 0.3) is 0 Å². The first-order valence-corrected chi connectivity index (χ1v) is 5.05. The summed E-state index contributed by atoms with van der Waals surface area (Å²) in [5.74, 6) is 6.60. The Morgan fingerprint density at radius 2 is 1.62 bits per heavy atom. The Morgan fingerprint density at radius 1 is 1.06 bits per heavy atom. The maximum absolute atomic E-state index is 5.78. The lowest BCUT2D eigenvalue weighted by molar-refractivity contribution is 1.02. The van der Waals surface area contributed by atoms with E-state index in [0.717, 1.165) is 16.7 Å². The van der Waals surface area contributed by atoms with E-state index in [2.05, 4.69) is 29.3 Å². The molecule has 0 fully saturated rings. The van der Waals surface area contributed by atoms with E-state index in [4.69, 9.17) is 11.6 Å². The molecule has 1 heterocycles. The molecule has 0 aliphatic carbocycles. The summed E-state index contributed by atoms with van der Waals surface area (Å²) in [7, 11) is 0. The monoisotopic (exact) mass is 217 g/mol. The number of hydrogen-bond acceptors (Lipinski definition) is 4. The molecule has 0 saturated carbocycles. The highest BCUT2D eigenvalue weighted by molar-refractivity contribution is 5.66. The number of anilines is 1. The first-order chi connectivity index (χ1) is 7.50. The molecule has 84 valence electrons. The highest BCUT2D eigenvalue weighted by Gasteiger charge is 2.14. The third kappa shape index (κ3) is 1.50. The molecule has 2 rings (SSSR count). The van der Waals surface area contributed by atoms with Crippen LogP contribution in [-0.4, -0.2) is 14.9 Å². The Balaban J connectivity index is 2.69. The molecule has 2 aromatic rings. The number of nitrogens with two attached hydrogens (primary N) is 2. The number of aromatic nitrogens is 3. The minimum absolute atomic E-state index is 0.217. The van der Waals surface area contributed by atoms with Crippen molar-refractivity contribution in [3.8, 4) is 11.4 Å². The first kappa shape index (κ1) is 10.5. The fraction of sp³-hybridized carbons (Fsp3) is 0.273. The summed E-state index contributed by atoms with van der Waals surface area (Å²) in [6.45, 7) is 6.12. The van der Waals surface area contributed by atoms with Crippen molar-refractivity contribution in [2.24, 2.45) is 0 Å². The maximum Gasteiger partial charge on any atom is 0.241 e. The fourth-order valence-electron chi connectivity index (χ4n) is 2.01. The predicted molar refractivity (Wildman–Crippen MR) is 64.2 cm³/mol.